The summed E-state index contributed by atoms with van der Waals surface area (Å²) in [7, 11) is 0. The number of benzene rings is 7. The molecule has 9 aromatic rings. The Balaban J connectivity index is 1.18. The highest BCUT2D eigenvalue weighted by molar-refractivity contribution is 7.26. The first-order valence-electron chi connectivity index (χ1n) is 16.7. The first kappa shape index (κ1) is 26.8. The van der Waals surface area contributed by atoms with E-state index in [1.807, 2.05) is 22.7 Å². The molecule has 0 N–H and O–H groups in total. The average molecular weight is 645 g/mol. The van der Waals surface area contributed by atoms with Crippen molar-refractivity contribution in [3.8, 4) is 11.1 Å². The van der Waals surface area contributed by atoms with Gasteiger partial charge in [0.1, 0.15) is 0 Å². The standard InChI is InChI=1S/C46H28S2/c1-2-10-28-23-30(18-17-27(28)9-1)44-32-11-3-5-13-34(32)45(35-14-6-4-12-33(35)44)31-20-21-41-38(24-31)39-26-37-29(25-43(39)48-41)19-22-42-46(37)36-15-7-8-16-40(36)47-42/h1-22,24-26,28H,23H2. The van der Waals surface area contributed by atoms with Crippen LogP contribution in [0, 0.1) is 5.92 Å². The molecule has 0 bridgehead atoms. The zero-order valence-electron chi connectivity index (χ0n) is 26.0. The lowest BCUT2D eigenvalue weighted by Gasteiger charge is -2.25. The van der Waals surface area contributed by atoms with Crippen LogP contribution in [0.1, 0.15) is 12.0 Å². The lowest BCUT2D eigenvalue weighted by molar-refractivity contribution is 0.794. The lowest BCUT2D eigenvalue weighted by Crippen LogP contribution is -2.07. The van der Waals surface area contributed by atoms with E-state index in [1.165, 1.54) is 100 Å². The highest BCUT2D eigenvalue weighted by Crippen LogP contribution is 2.47. The molecule has 48 heavy (non-hydrogen) atoms. The molecule has 0 radical (unpaired) electrons. The highest BCUT2D eigenvalue weighted by atomic mass is 32.1. The zero-order valence-corrected chi connectivity index (χ0v) is 27.7. The fraction of sp³-hybridized carbons (Fsp3) is 0.0435. The summed E-state index contributed by atoms with van der Waals surface area (Å²) in [4.78, 5) is 0. The summed E-state index contributed by atoms with van der Waals surface area (Å²) in [6.45, 7) is 0. The second-order valence-electron chi connectivity index (χ2n) is 13.2. The minimum Gasteiger partial charge on any atom is -0.135 e. The maximum Gasteiger partial charge on any atom is 0.0361 e. The van der Waals surface area contributed by atoms with Gasteiger partial charge in [0.15, 0.2) is 0 Å². The molecule has 2 aromatic heterocycles. The normalized spacial score (nSPS) is 16.1. The molecule has 1 atom stereocenters. The number of thiophene rings is 2. The molecule has 0 saturated heterocycles. The van der Waals surface area contributed by atoms with E-state index < -0.39 is 0 Å². The van der Waals surface area contributed by atoms with Crippen molar-refractivity contribution in [1.29, 1.82) is 0 Å². The summed E-state index contributed by atoms with van der Waals surface area (Å²) in [6, 6.07) is 43.6. The van der Waals surface area contributed by atoms with Crippen LogP contribution >= 0.6 is 22.7 Å². The van der Waals surface area contributed by atoms with Crippen molar-refractivity contribution in [2.75, 3.05) is 0 Å². The second kappa shape index (κ2) is 10.1. The predicted molar refractivity (Wildman–Crippen MR) is 213 cm³/mol. The van der Waals surface area contributed by atoms with Crippen LogP contribution in [-0.4, -0.2) is 0 Å². The Morgan fingerprint density at radius 2 is 1.15 bits per heavy atom. The van der Waals surface area contributed by atoms with E-state index in [4.69, 9.17) is 0 Å². The fourth-order valence-electron chi connectivity index (χ4n) is 8.41. The van der Waals surface area contributed by atoms with Crippen molar-refractivity contribution in [2.24, 2.45) is 5.92 Å². The van der Waals surface area contributed by atoms with E-state index in [0.717, 1.165) is 6.42 Å². The van der Waals surface area contributed by atoms with Crippen LogP contribution in [0.2, 0.25) is 0 Å². The van der Waals surface area contributed by atoms with E-state index in [9.17, 15) is 0 Å². The van der Waals surface area contributed by atoms with E-state index >= 15 is 0 Å². The quantitative estimate of drug-likeness (QED) is 0.164. The topological polar surface area (TPSA) is 0 Å². The molecule has 7 aromatic carbocycles. The van der Waals surface area contributed by atoms with Gasteiger partial charge >= 0.3 is 0 Å². The maximum atomic E-state index is 2.47. The van der Waals surface area contributed by atoms with E-state index in [2.05, 4.69) is 152 Å². The van der Waals surface area contributed by atoms with Crippen LogP contribution in [0.25, 0.3) is 89.4 Å². The van der Waals surface area contributed by atoms with Crippen molar-refractivity contribution >= 4 is 101 Å². The van der Waals surface area contributed by atoms with Crippen LogP contribution in [0.15, 0.2) is 157 Å². The zero-order chi connectivity index (χ0) is 31.3. The molecule has 0 nitrogen and oxygen atoms in total. The van der Waals surface area contributed by atoms with E-state index in [0.29, 0.717) is 5.92 Å². The first-order chi connectivity index (χ1) is 23.8. The van der Waals surface area contributed by atoms with Crippen LogP contribution in [0.4, 0.5) is 0 Å². The third-order valence-corrected chi connectivity index (χ3v) is 12.8. The molecular weight excluding hydrogens is 617 g/mol. The minimum atomic E-state index is 0.436. The maximum absolute atomic E-state index is 2.47. The highest BCUT2D eigenvalue weighted by Gasteiger charge is 2.23. The summed E-state index contributed by atoms with van der Waals surface area (Å²) in [5, 5.41) is 13.4. The molecule has 0 aliphatic heterocycles. The van der Waals surface area contributed by atoms with Crippen molar-refractivity contribution in [2.45, 2.75) is 6.42 Å². The van der Waals surface area contributed by atoms with Gasteiger partial charge in [-0.1, -0.05) is 115 Å². The van der Waals surface area contributed by atoms with Gasteiger partial charge in [0.25, 0.3) is 0 Å². The third-order valence-electron chi connectivity index (χ3n) is 10.6. The first-order valence-corrected chi connectivity index (χ1v) is 18.3. The van der Waals surface area contributed by atoms with Gasteiger partial charge in [0, 0.05) is 46.3 Å². The van der Waals surface area contributed by atoms with Crippen LogP contribution in [0.5, 0.6) is 0 Å². The van der Waals surface area contributed by atoms with E-state index in [1.54, 1.807) is 0 Å². The lowest BCUT2D eigenvalue weighted by atomic mass is 9.79. The molecule has 0 amide bonds. The largest absolute Gasteiger partial charge is 0.135 e. The Kier molecular flexibility index (Phi) is 5.63. The molecule has 11 rings (SSSR count). The van der Waals surface area contributed by atoms with Gasteiger partial charge in [0.05, 0.1) is 0 Å². The third kappa shape index (κ3) is 3.82. The van der Waals surface area contributed by atoms with Crippen LogP contribution in [-0.2, 0) is 0 Å². The summed E-state index contributed by atoms with van der Waals surface area (Å²) in [6.07, 6.45) is 14.7. The number of hydrogen-bond acceptors (Lipinski definition) is 2. The van der Waals surface area contributed by atoms with E-state index in [-0.39, 0.29) is 0 Å². The van der Waals surface area contributed by atoms with Crippen molar-refractivity contribution in [3.63, 3.8) is 0 Å². The number of fused-ring (bicyclic) bond motifs is 11. The smallest absolute Gasteiger partial charge is 0.0361 e. The van der Waals surface area contributed by atoms with Crippen molar-refractivity contribution < 1.29 is 0 Å². The summed E-state index contributed by atoms with van der Waals surface area (Å²) in [5.74, 6) is 0.436. The van der Waals surface area contributed by atoms with Gasteiger partial charge in [-0.25, -0.2) is 0 Å². The van der Waals surface area contributed by atoms with Gasteiger partial charge in [-0.15, -0.1) is 22.7 Å². The average Bonchev–Trinajstić information content (AvgIpc) is 3.70. The molecule has 2 aliphatic rings. The van der Waals surface area contributed by atoms with Crippen LogP contribution in [0.3, 0.4) is 0 Å². The second-order valence-corrected chi connectivity index (χ2v) is 15.3. The summed E-state index contributed by atoms with van der Waals surface area (Å²) < 4.78 is 5.40. The Hall–Kier alpha value is -5.28. The molecule has 0 saturated carbocycles. The fourth-order valence-corrected chi connectivity index (χ4v) is 10.6. The summed E-state index contributed by atoms with van der Waals surface area (Å²) in [5.41, 5.74) is 6.81. The molecule has 2 heteroatoms. The summed E-state index contributed by atoms with van der Waals surface area (Å²) >= 11 is 3.80. The molecule has 0 spiro atoms. The minimum absolute atomic E-state index is 0.436. The van der Waals surface area contributed by atoms with Gasteiger partial charge in [-0.3, -0.25) is 0 Å². The molecule has 2 heterocycles. The molecule has 0 fully saturated rings. The Morgan fingerprint density at radius 1 is 0.479 bits per heavy atom. The Labute approximate surface area is 285 Å². The van der Waals surface area contributed by atoms with Gasteiger partial charge < -0.3 is 0 Å². The SMILES string of the molecule is C1=CC2=CC=C(c3c4ccccc4c(-c4ccc5sc6cc7ccc8sc9ccccc9c8c7cc6c5c4)c4ccccc34)CC2C=C1. The Bertz CT molecular complexity index is 2920. The number of rotatable bonds is 2. The molecule has 1 unspecified atom stereocenters. The van der Waals surface area contributed by atoms with Gasteiger partial charge in [0.2, 0.25) is 0 Å². The molecule has 224 valence electrons. The molecule has 2 aliphatic carbocycles. The van der Waals surface area contributed by atoms with Gasteiger partial charge in [-0.2, -0.15) is 0 Å². The van der Waals surface area contributed by atoms with Gasteiger partial charge in [-0.05, 0) is 103 Å². The monoisotopic (exact) mass is 644 g/mol. The predicted octanol–water partition coefficient (Wildman–Crippen LogP) is 14.0. The Morgan fingerprint density at radius 3 is 1.96 bits per heavy atom. The number of hydrogen-bond donors (Lipinski definition) is 0. The molecular formula is C46H28S2. The van der Waals surface area contributed by atoms with Crippen molar-refractivity contribution in [3.05, 3.63) is 163 Å². The van der Waals surface area contributed by atoms with Crippen LogP contribution < -0.4 is 0 Å². The number of allylic oxidation sites excluding steroid dienone is 8. The van der Waals surface area contributed by atoms with Crippen molar-refractivity contribution in [1.82, 2.24) is 0 Å².